The fourth-order valence-electron chi connectivity index (χ4n) is 5.49. The topological polar surface area (TPSA) is 114 Å². The lowest BCUT2D eigenvalue weighted by molar-refractivity contribution is 0.160. The fraction of sp³-hybridized carbons (Fsp3) is 0.379. The highest BCUT2D eigenvalue weighted by atomic mass is 16.4. The number of aromatic nitrogens is 5. The summed E-state index contributed by atoms with van der Waals surface area (Å²) in [5, 5.41) is 9.17. The number of oxazole rings is 1. The number of fused-ring (bicyclic) bond motifs is 2. The first-order valence-electron chi connectivity index (χ1n) is 13.5. The molecule has 0 spiro atoms. The first kappa shape index (κ1) is 25.3. The van der Waals surface area contributed by atoms with Crippen molar-refractivity contribution in [1.82, 2.24) is 34.5 Å². The number of likely N-dealkylation sites (N-methyl/N-ethyl adjacent to an activating group) is 1. The summed E-state index contributed by atoms with van der Waals surface area (Å²) in [6.07, 6.45) is 3.72. The molecule has 6 rings (SSSR count). The van der Waals surface area contributed by atoms with Gasteiger partial charge in [0.05, 0.1) is 11.4 Å². The van der Waals surface area contributed by atoms with Crippen molar-refractivity contribution in [2.45, 2.75) is 32.7 Å². The average molecular weight is 526 g/mol. The molecule has 1 fully saturated rings. The van der Waals surface area contributed by atoms with Crippen LogP contribution in [0.2, 0.25) is 0 Å². The second-order valence-corrected chi connectivity index (χ2v) is 10.8. The molecule has 0 amide bonds. The molecule has 0 aliphatic carbocycles. The molecule has 10 nitrogen and oxygen atoms in total. The van der Waals surface area contributed by atoms with Gasteiger partial charge in [-0.1, -0.05) is 18.2 Å². The molecule has 1 atom stereocenters. The molecule has 1 aliphatic rings. The molecule has 4 heterocycles. The van der Waals surface area contributed by atoms with Gasteiger partial charge in [0.2, 0.25) is 0 Å². The molecule has 3 N–H and O–H groups in total. The van der Waals surface area contributed by atoms with Gasteiger partial charge in [0.25, 0.3) is 6.01 Å². The highest BCUT2D eigenvalue weighted by Crippen LogP contribution is 2.34. The van der Waals surface area contributed by atoms with Crippen LogP contribution in [0.1, 0.15) is 30.0 Å². The van der Waals surface area contributed by atoms with E-state index in [1.807, 2.05) is 37.3 Å². The summed E-state index contributed by atoms with van der Waals surface area (Å²) >= 11 is 0. The molecule has 10 heteroatoms. The van der Waals surface area contributed by atoms with Gasteiger partial charge in [0.15, 0.2) is 11.2 Å². The zero-order valence-corrected chi connectivity index (χ0v) is 23.0. The smallest absolute Gasteiger partial charge is 0.300 e. The molecule has 202 valence electrons. The number of rotatable bonds is 7. The molecule has 1 unspecified atom stereocenters. The van der Waals surface area contributed by atoms with Crippen LogP contribution in [0, 0.1) is 13.8 Å². The summed E-state index contributed by atoms with van der Waals surface area (Å²) in [6.45, 7) is 8.23. The van der Waals surface area contributed by atoms with E-state index in [1.54, 1.807) is 0 Å². The first-order chi connectivity index (χ1) is 18.9. The van der Waals surface area contributed by atoms with Crippen LogP contribution in [0.4, 0.5) is 17.5 Å². The third kappa shape index (κ3) is 5.05. The van der Waals surface area contributed by atoms with Gasteiger partial charge < -0.3 is 20.4 Å². The van der Waals surface area contributed by atoms with Crippen LogP contribution in [0.25, 0.3) is 33.4 Å². The number of likely N-dealkylation sites (tertiary alicyclic amines) is 1. The standard InChI is InChI=1S/C29H35N9O/c1-18-14-19(2)26-23(15-18)34-29(39-26)33-21-9-7-20(8-10-21)25-24-27(30)31-17-32-28(24)38(35-25)22-6-5-11-37(16-22)13-12-36(3)4/h7-10,14-15,17,22H,5-6,11-13,16H2,1-4H3,(H,33,34)(H2,30,31,32). The van der Waals surface area contributed by atoms with Crippen molar-refractivity contribution in [1.29, 1.82) is 0 Å². The van der Waals surface area contributed by atoms with E-state index >= 15 is 0 Å². The summed E-state index contributed by atoms with van der Waals surface area (Å²) in [6, 6.07) is 12.9. The van der Waals surface area contributed by atoms with Gasteiger partial charge in [-0.2, -0.15) is 10.1 Å². The largest absolute Gasteiger partial charge is 0.423 e. The van der Waals surface area contributed by atoms with Crippen molar-refractivity contribution in [3.63, 3.8) is 0 Å². The van der Waals surface area contributed by atoms with Crippen LogP contribution >= 0.6 is 0 Å². The Morgan fingerprint density at radius 1 is 1.13 bits per heavy atom. The summed E-state index contributed by atoms with van der Waals surface area (Å²) < 4.78 is 8.05. The van der Waals surface area contributed by atoms with Gasteiger partial charge in [-0.25, -0.2) is 14.6 Å². The number of nitrogens with two attached hydrogens (primary N) is 1. The normalized spacial score (nSPS) is 16.5. The minimum atomic E-state index is 0.235. The Kier molecular flexibility index (Phi) is 6.66. The van der Waals surface area contributed by atoms with Crippen LogP contribution in [-0.4, -0.2) is 74.8 Å². The molecular weight excluding hydrogens is 490 g/mol. The lowest BCUT2D eigenvalue weighted by Crippen LogP contribution is -2.40. The monoisotopic (exact) mass is 525 g/mol. The number of benzene rings is 2. The third-order valence-electron chi connectivity index (χ3n) is 7.44. The van der Waals surface area contributed by atoms with Gasteiger partial charge in [-0.05, 0) is 76.7 Å². The van der Waals surface area contributed by atoms with E-state index in [-0.39, 0.29) is 6.04 Å². The van der Waals surface area contributed by atoms with Crippen molar-refractivity contribution < 1.29 is 4.42 Å². The number of nitrogens with zero attached hydrogens (tertiary/aromatic N) is 7. The number of piperidine rings is 1. The van der Waals surface area contributed by atoms with E-state index in [0.29, 0.717) is 11.8 Å². The molecular formula is C29H35N9O. The maximum Gasteiger partial charge on any atom is 0.300 e. The highest BCUT2D eigenvalue weighted by Gasteiger charge is 2.26. The van der Waals surface area contributed by atoms with Crippen molar-refractivity contribution in [3.05, 3.63) is 53.9 Å². The Morgan fingerprint density at radius 2 is 1.95 bits per heavy atom. The van der Waals surface area contributed by atoms with Gasteiger partial charge in [-0.3, -0.25) is 4.90 Å². The SMILES string of the molecule is Cc1cc(C)c2oc(Nc3ccc(-c4nn(C5CCCN(CCN(C)C)C5)c5ncnc(N)c45)cc3)nc2c1. The van der Waals surface area contributed by atoms with Gasteiger partial charge >= 0.3 is 0 Å². The Labute approximate surface area is 227 Å². The highest BCUT2D eigenvalue weighted by molar-refractivity contribution is 5.98. The van der Waals surface area contributed by atoms with E-state index in [2.05, 4.69) is 61.8 Å². The average Bonchev–Trinajstić information content (AvgIpc) is 3.50. The maximum absolute atomic E-state index is 6.38. The predicted molar refractivity (Wildman–Crippen MR) is 155 cm³/mol. The minimum absolute atomic E-state index is 0.235. The first-order valence-corrected chi connectivity index (χ1v) is 13.5. The van der Waals surface area contributed by atoms with Crippen molar-refractivity contribution in [2.75, 3.05) is 51.3 Å². The molecule has 0 saturated carbocycles. The van der Waals surface area contributed by atoms with Gasteiger partial charge in [0.1, 0.15) is 23.4 Å². The number of aryl methyl sites for hydroxylation is 2. The zero-order chi connectivity index (χ0) is 27.1. The molecule has 0 radical (unpaired) electrons. The van der Waals surface area contributed by atoms with Crippen LogP contribution in [0.5, 0.6) is 0 Å². The number of nitrogens with one attached hydrogen (secondary N) is 1. The maximum atomic E-state index is 6.38. The van der Waals surface area contributed by atoms with Gasteiger partial charge in [-0.15, -0.1) is 0 Å². The van der Waals surface area contributed by atoms with Crippen LogP contribution < -0.4 is 11.1 Å². The Morgan fingerprint density at radius 3 is 2.74 bits per heavy atom. The van der Waals surface area contributed by atoms with E-state index in [1.165, 1.54) is 6.33 Å². The second-order valence-electron chi connectivity index (χ2n) is 10.8. The second kappa shape index (κ2) is 10.3. The minimum Gasteiger partial charge on any atom is -0.423 e. The predicted octanol–water partition coefficient (Wildman–Crippen LogP) is 4.78. The Bertz CT molecular complexity index is 1620. The Balaban J connectivity index is 1.28. The zero-order valence-electron chi connectivity index (χ0n) is 23.0. The van der Waals surface area contributed by atoms with Crippen molar-refractivity contribution in [3.8, 4) is 11.3 Å². The van der Waals surface area contributed by atoms with Crippen molar-refractivity contribution >= 4 is 39.7 Å². The molecule has 39 heavy (non-hydrogen) atoms. The molecule has 0 bridgehead atoms. The summed E-state index contributed by atoms with van der Waals surface area (Å²) in [5.41, 5.74) is 13.7. The number of hydrogen-bond donors (Lipinski definition) is 2. The molecule has 2 aromatic carbocycles. The number of nitrogen functional groups attached to an aromatic ring is 1. The van der Waals surface area contributed by atoms with E-state index in [9.17, 15) is 0 Å². The summed E-state index contributed by atoms with van der Waals surface area (Å²) in [7, 11) is 4.23. The van der Waals surface area contributed by atoms with Crippen LogP contribution in [-0.2, 0) is 0 Å². The third-order valence-corrected chi connectivity index (χ3v) is 7.44. The fourth-order valence-corrected chi connectivity index (χ4v) is 5.49. The lowest BCUT2D eigenvalue weighted by Gasteiger charge is -2.33. The Hall–Kier alpha value is -4.02. The quantitative estimate of drug-likeness (QED) is 0.310. The summed E-state index contributed by atoms with van der Waals surface area (Å²) in [4.78, 5) is 18.3. The number of hydrogen-bond acceptors (Lipinski definition) is 9. The molecule has 1 aliphatic heterocycles. The van der Waals surface area contributed by atoms with Crippen molar-refractivity contribution in [2.24, 2.45) is 0 Å². The molecule has 1 saturated heterocycles. The summed E-state index contributed by atoms with van der Waals surface area (Å²) in [5.74, 6) is 0.445. The molecule has 3 aromatic heterocycles. The molecule has 5 aromatic rings. The lowest BCUT2D eigenvalue weighted by atomic mass is 10.1. The van der Waals surface area contributed by atoms with E-state index < -0.39 is 0 Å². The number of anilines is 3. The van der Waals surface area contributed by atoms with Gasteiger partial charge in [0, 0.05) is 30.9 Å². The van der Waals surface area contributed by atoms with E-state index in [4.69, 9.17) is 15.2 Å². The van der Waals surface area contributed by atoms with Crippen LogP contribution in [0.3, 0.4) is 0 Å². The van der Waals surface area contributed by atoms with Crippen LogP contribution in [0.15, 0.2) is 47.1 Å². The van der Waals surface area contributed by atoms with E-state index in [0.717, 1.165) is 89.2 Å².